The molecule has 0 heterocycles. The molecular weight excluding hydrogens is 342 g/mol. The minimum atomic E-state index is 0.206. The first-order valence-corrected chi connectivity index (χ1v) is 12.5. The van der Waals surface area contributed by atoms with Gasteiger partial charge in [-0.3, -0.25) is 4.79 Å². The summed E-state index contributed by atoms with van der Waals surface area (Å²) >= 11 is 0. The van der Waals surface area contributed by atoms with Gasteiger partial charge in [0, 0.05) is 19.5 Å². The number of nitrogens with zero attached hydrogens (tertiary/aromatic N) is 1. The van der Waals surface area contributed by atoms with Crippen LogP contribution in [0.1, 0.15) is 139 Å². The van der Waals surface area contributed by atoms with Crippen molar-refractivity contribution < 1.29 is 4.79 Å². The Kier molecular flexibility index (Phi) is 14.2. The Hall–Kier alpha value is -0.530. The molecule has 0 N–H and O–H groups in total. The number of carbonyl (C=O) groups is 1. The van der Waals surface area contributed by atoms with E-state index in [1.807, 2.05) is 0 Å². The molecule has 0 rings (SSSR count). The predicted octanol–water partition coefficient (Wildman–Crippen LogP) is 8.39. The van der Waals surface area contributed by atoms with E-state index in [0.29, 0.717) is 11.5 Å². The second-order valence-electron chi connectivity index (χ2n) is 9.79. The number of rotatable bonds is 17. The van der Waals surface area contributed by atoms with Gasteiger partial charge in [-0.05, 0) is 36.5 Å². The number of unbranched alkanes of at least 4 members (excludes halogenated alkanes) is 7. The molecule has 28 heavy (non-hydrogen) atoms. The fourth-order valence-electron chi connectivity index (χ4n) is 4.41. The first-order chi connectivity index (χ1) is 13.2. The molecule has 0 spiro atoms. The van der Waals surface area contributed by atoms with E-state index in [9.17, 15) is 4.79 Å². The molecule has 0 aromatic heterocycles. The molecule has 0 fully saturated rings. The monoisotopic (exact) mass is 395 g/mol. The minimum Gasteiger partial charge on any atom is -0.339 e. The summed E-state index contributed by atoms with van der Waals surface area (Å²) in [5.41, 5.74) is 0.528. The lowest BCUT2D eigenvalue weighted by Crippen LogP contribution is -2.51. The summed E-state index contributed by atoms with van der Waals surface area (Å²) in [6.45, 7) is 19.1. The molecule has 2 heteroatoms. The van der Waals surface area contributed by atoms with Gasteiger partial charge in [0.2, 0.25) is 5.91 Å². The second-order valence-corrected chi connectivity index (χ2v) is 9.79. The van der Waals surface area contributed by atoms with Crippen LogP contribution in [0.4, 0.5) is 0 Å². The summed E-state index contributed by atoms with van der Waals surface area (Å²) < 4.78 is 0. The van der Waals surface area contributed by atoms with Crippen molar-refractivity contribution in [3.8, 4) is 0 Å². The van der Waals surface area contributed by atoms with Gasteiger partial charge in [-0.2, -0.15) is 0 Å². The van der Waals surface area contributed by atoms with Crippen LogP contribution in [0, 0.1) is 10.8 Å². The van der Waals surface area contributed by atoms with Gasteiger partial charge in [-0.1, -0.05) is 106 Å². The summed E-state index contributed by atoms with van der Waals surface area (Å²) in [5.74, 6) is 0.274. The van der Waals surface area contributed by atoms with E-state index in [4.69, 9.17) is 0 Å². The van der Waals surface area contributed by atoms with Crippen LogP contribution < -0.4 is 0 Å². The van der Waals surface area contributed by atoms with Crippen LogP contribution in [0.3, 0.4) is 0 Å². The van der Waals surface area contributed by atoms with Crippen LogP contribution in [0.2, 0.25) is 0 Å². The predicted molar refractivity (Wildman–Crippen MR) is 126 cm³/mol. The van der Waals surface area contributed by atoms with Gasteiger partial charge >= 0.3 is 0 Å². The molecule has 0 saturated heterocycles. The standard InChI is InChI=1S/C26H53NO/c1-9-14-15-16-17-18-19-20-21-27(23(6)28)24(26(8,12-4)13-5)22-25(7,10-2)11-3/h24H,9-22H2,1-8H3. The van der Waals surface area contributed by atoms with Gasteiger partial charge in [-0.15, -0.1) is 0 Å². The van der Waals surface area contributed by atoms with Crippen LogP contribution in [0.15, 0.2) is 0 Å². The van der Waals surface area contributed by atoms with E-state index in [2.05, 4.69) is 53.4 Å². The quantitative estimate of drug-likeness (QED) is 0.226. The van der Waals surface area contributed by atoms with Crippen molar-refractivity contribution in [2.24, 2.45) is 10.8 Å². The molecule has 0 bridgehead atoms. The molecule has 0 aliphatic carbocycles. The van der Waals surface area contributed by atoms with Gasteiger partial charge in [0.05, 0.1) is 0 Å². The van der Waals surface area contributed by atoms with E-state index in [1.165, 1.54) is 57.8 Å². The molecule has 0 saturated carbocycles. The van der Waals surface area contributed by atoms with Crippen LogP contribution in [-0.4, -0.2) is 23.4 Å². The first-order valence-electron chi connectivity index (χ1n) is 12.5. The van der Waals surface area contributed by atoms with E-state index < -0.39 is 0 Å². The van der Waals surface area contributed by atoms with Crippen LogP contribution >= 0.6 is 0 Å². The topological polar surface area (TPSA) is 20.3 Å². The van der Waals surface area contributed by atoms with E-state index in [0.717, 1.165) is 32.2 Å². The molecule has 0 aromatic carbocycles. The molecular formula is C26H53NO. The summed E-state index contributed by atoms with van der Waals surface area (Å²) in [6, 6.07) is 0.356. The van der Waals surface area contributed by atoms with Gasteiger partial charge in [0.1, 0.15) is 0 Å². The SMILES string of the molecule is CCCCCCCCCCN(C(C)=O)C(CC(C)(CC)CC)C(C)(CC)CC. The Balaban J connectivity index is 5.03. The highest BCUT2D eigenvalue weighted by atomic mass is 16.2. The van der Waals surface area contributed by atoms with Crippen molar-refractivity contribution in [1.29, 1.82) is 0 Å². The third kappa shape index (κ3) is 9.31. The van der Waals surface area contributed by atoms with Crippen molar-refractivity contribution in [3.63, 3.8) is 0 Å². The normalized spacial score (nSPS) is 13.6. The van der Waals surface area contributed by atoms with Crippen molar-refractivity contribution >= 4 is 5.91 Å². The molecule has 1 amide bonds. The summed E-state index contributed by atoms with van der Waals surface area (Å²) in [6.07, 6.45) is 16.3. The number of amides is 1. The zero-order chi connectivity index (χ0) is 21.6. The lowest BCUT2D eigenvalue weighted by Gasteiger charge is -2.47. The Labute approximate surface area is 178 Å². The molecule has 168 valence electrons. The summed E-state index contributed by atoms with van der Waals surface area (Å²) in [4.78, 5) is 14.9. The largest absolute Gasteiger partial charge is 0.339 e. The van der Waals surface area contributed by atoms with Crippen LogP contribution in [0.5, 0.6) is 0 Å². The fourth-order valence-corrected chi connectivity index (χ4v) is 4.41. The number of hydrogen-bond acceptors (Lipinski definition) is 1. The highest BCUT2D eigenvalue weighted by molar-refractivity contribution is 5.73. The van der Waals surface area contributed by atoms with Crippen molar-refractivity contribution in [2.45, 2.75) is 145 Å². The molecule has 0 aromatic rings. The maximum Gasteiger partial charge on any atom is 0.219 e. The first kappa shape index (κ1) is 27.5. The molecule has 1 atom stereocenters. The number of carbonyl (C=O) groups excluding carboxylic acids is 1. The zero-order valence-corrected chi connectivity index (χ0v) is 20.8. The van der Waals surface area contributed by atoms with Gasteiger partial charge in [0.25, 0.3) is 0 Å². The highest BCUT2D eigenvalue weighted by Gasteiger charge is 2.40. The molecule has 0 aliphatic rings. The highest BCUT2D eigenvalue weighted by Crippen LogP contribution is 2.42. The number of hydrogen-bond donors (Lipinski definition) is 0. The summed E-state index contributed by atoms with van der Waals surface area (Å²) in [7, 11) is 0. The van der Waals surface area contributed by atoms with Crippen molar-refractivity contribution in [3.05, 3.63) is 0 Å². The average molecular weight is 396 g/mol. The fraction of sp³-hybridized carbons (Fsp3) is 0.962. The van der Waals surface area contributed by atoms with Gasteiger partial charge < -0.3 is 4.90 Å². The smallest absolute Gasteiger partial charge is 0.219 e. The average Bonchev–Trinajstić information content (AvgIpc) is 2.70. The van der Waals surface area contributed by atoms with Crippen LogP contribution in [-0.2, 0) is 4.79 Å². The molecule has 0 aliphatic heterocycles. The minimum absolute atomic E-state index is 0.206. The van der Waals surface area contributed by atoms with E-state index in [-0.39, 0.29) is 11.3 Å². The van der Waals surface area contributed by atoms with Gasteiger partial charge in [-0.25, -0.2) is 0 Å². The Bertz CT molecular complexity index is 395. The Morgan fingerprint density at radius 1 is 0.750 bits per heavy atom. The van der Waals surface area contributed by atoms with E-state index in [1.54, 1.807) is 6.92 Å². The third-order valence-electron chi connectivity index (χ3n) is 7.85. The molecule has 2 nitrogen and oxygen atoms in total. The van der Waals surface area contributed by atoms with Crippen LogP contribution in [0.25, 0.3) is 0 Å². The van der Waals surface area contributed by atoms with Gasteiger partial charge in [0.15, 0.2) is 0 Å². The summed E-state index contributed by atoms with van der Waals surface area (Å²) in [5, 5.41) is 0. The third-order valence-corrected chi connectivity index (χ3v) is 7.85. The van der Waals surface area contributed by atoms with Crippen molar-refractivity contribution in [2.75, 3.05) is 6.54 Å². The maximum atomic E-state index is 12.7. The molecule has 0 radical (unpaired) electrons. The van der Waals surface area contributed by atoms with Crippen molar-refractivity contribution in [1.82, 2.24) is 4.90 Å². The Morgan fingerprint density at radius 2 is 1.21 bits per heavy atom. The zero-order valence-electron chi connectivity index (χ0n) is 20.8. The lowest BCUT2D eigenvalue weighted by atomic mass is 9.68. The van der Waals surface area contributed by atoms with E-state index >= 15 is 0 Å². The lowest BCUT2D eigenvalue weighted by molar-refractivity contribution is -0.135. The molecule has 1 unspecified atom stereocenters. The Morgan fingerprint density at radius 3 is 1.61 bits per heavy atom. The second kappa shape index (κ2) is 14.5. The maximum absolute atomic E-state index is 12.7.